The Morgan fingerprint density at radius 2 is 1.83 bits per heavy atom. The molecule has 128 valence electrons. The van der Waals surface area contributed by atoms with E-state index in [0.29, 0.717) is 16.1 Å². The molecule has 0 saturated heterocycles. The van der Waals surface area contributed by atoms with Crippen molar-refractivity contribution in [1.29, 1.82) is 0 Å². The highest BCUT2D eigenvalue weighted by Gasteiger charge is 2.27. The Hall–Kier alpha value is -1.89. The number of carbonyl (C=O) groups excluding carboxylic acids is 1. The molecule has 0 amide bonds. The quantitative estimate of drug-likeness (QED) is 0.782. The first-order valence-electron chi connectivity index (χ1n) is 7.22. The third kappa shape index (κ3) is 4.14. The summed E-state index contributed by atoms with van der Waals surface area (Å²) in [5.74, 6) is -1.48. The molecule has 0 fully saturated rings. The van der Waals surface area contributed by atoms with E-state index in [-0.39, 0.29) is 11.4 Å². The van der Waals surface area contributed by atoms with Crippen LogP contribution < -0.4 is 5.11 Å². The number of nitrogens with zero attached hydrogens (tertiary/aromatic N) is 1. The summed E-state index contributed by atoms with van der Waals surface area (Å²) in [6.07, 6.45) is 0. The lowest BCUT2D eigenvalue weighted by molar-refractivity contribution is -0.305. The molecule has 0 heterocycles. The Kier molecular flexibility index (Phi) is 5.64. The van der Waals surface area contributed by atoms with Crippen molar-refractivity contribution in [1.82, 2.24) is 4.31 Å². The van der Waals surface area contributed by atoms with E-state index >= 15 is 0 Å². The van der Waals surface area contributed by atoms with Crippen LogP contribution in [0.15, 0.2) is 47.4 Å². The molecule has 2 rings (SSSR count). The predicted molar refractivity (Wildman–Crippen MR) is 90.0 cm³/mol. The summed E-state index contributed by atoms with van der Waals surface area (Å²) in [7, 11) is -4.01. The first-order chi connectivity index (χ1) is 11.2. The molecule has 0 bridgehead atoms. The summed E-state index contributed by atoms with van der Waals surface area (Å²) in [6.45, 7) is 2.54. The Morgan fingerprint density at radius 1 is 1.17 bits per heavy atom. The number of halogens is 1. The molecule has 0 aliphatic rings. The second-order valence-electron chi connectivity index (χ2n) is 5.51. The molecule has 0 radical (unpaired) electrons. The number of carbonyl (C=O) groups is 1. The van der Waals surface area contributed by atoms with Crippen LogP contribution in [0.3, 0.4) is 0 Å². The van der Waals surface area contributed by atoms with E-state index in [1.54, 1.807) is 50.2 Å². The minimum absolute atomic E-state index is 0.0794. The standard InChI is InChI=1S/C17H18ClNO4S/c1-12-7-8-13(2)16(9-12)24(22,23)19(11-17(20)21)10-14-5-3-4-6-15(14)18/h3-9H,10-11H2,1-2H3,(H,20,21)/p-1. The van der Waals surface area contributed by atoms with Crippen LogP contribution in [-0.2, 0) is 21.4 Å². The van der Waals surface area contributed by atoms with E-state index < -0.39 is 22.5 Å². The fraction of sp³-hybridized carbons (Fsp3) is 0.235. The van der Waals surface area contributed by atoms with Gasteiger partial charge < -0.3 is 9.90 Å². The largest absolute Gasteiger partial charge is 0.549 e. The molecule has 0 N–H and O–H groups in total. The highest BCUT2D eigenvalue weighted by atomic mass is 35.5. The van der Waals surface area contributed by atoms with Crippen LogP contribution in [0.5, 0.6) is 0 Å². The van der Waals surface area contributed by atoms with Crippen LogP contribution in [-0.4, -0.2) is 25.2 Å². The van der Waals surface area contributed by atoms with E-state index in [4.69, 9.17) is 11.6 Å². The molecule has 0 aromatic heterocycles. The highest BCUT2D eigenvalue weighted by Crippen LogP contribution is 2.25. The zero-order valence-electron chi connectivity index (χ0n) is 13.3. The fourth-order valence-corrected chi connectivity index (χ4v) is 4.18. The molecule has 0 spiro atoms. The van der Waals surface area contributed by atoms with Crippen molar-refractivity contribution in [2.24, 2.45) is 0 Å². The van der Waals surface area contributed by atoms with E-state index in [1.807, 2.05) is 0 Å². The van der Waals surface area contributed by atoms with Crippen LogP contribution in [0.4, 0.5) is 0 Å². The number of hydrogen-bond acceptors (Lipinski definition) is 4. The van der Waals surface area contributed by atoms with Gasteiger partial charge in [-0.05, 0) is 42.7 Å². The molecule has 0 aliphatic heterocycles. The average Bonchev–Trinajstić information content (AvgIpc) is 2.50. The summed E-state index contributed by atoms with van der Waals surface area (Å²) in [6, 6.07) is 11.7. The van der Waals surface area contributed by atoms with Crippen molar-refractivity contribution < 1.29 is 18.3 Å². The zero-order chi connectivity index (χ0) is 17.9. The van der Waals surface area contributed by atoms with Crippen molar-refractivity contribution in [3.8, 4) is 0 Å². The number of aryl methyl sites for hydroxylation is 2. The average molecular weight is 367 g/mol. The molecular weight excluding hydrogens is 350 g/mol. The molecule has 0 atom stereocenters. The van der Waals surface area contributed by atoms with Gasteiger partial charge in [0.15, 0.2) is 0 Å². The lowest BCUT2D eigenvalue weighted by Gasteiger charge is -2.24. The van der Waals surface area contributed by atoms with Crippen molar-refractivity contribution in [3.63, 3.8) is 0 Å². The third-order valence-electron chi connectivity index (χ3n) is 3.57. The number of carboxylic acid groups (broad SMARTS) is 1. The maximum atomic E-state index is 12.9. The molecule has 0 aliphatic carbocycles. The Bertz CT molecular complexity index is 865. The van der Waals surface area contributed by atoms with Gasteiger partial charge in [0, 0.05) is 11.6 Å². The van der Waals surface area contributed by atoms with Crippen LogP contribution in [0.25, 0.3) is 0 Å². The molecule has 7 heteroatoms. The number of rotatable bonds is 6. The van der Waals surface area contributed by atoms with E-state index in [1.165, 1.54) is 6.07 Å². The van der Waals surface area contributed by atoms with E-state index in [2.05, 4.69) is 0 Å². The van der Waals surface area contributed by atoms with Crippen LogP contribution in [0.2, 0.25) is 5.02 Å². The van der Waals surface area contributed by atoms with Crippen molar-refractivity contribution in [2.75, 3.05) is 6.54 Å². The maximum absolute atomic E-state index is 12.9. The number of carboxylic acids is 1. The molecule has 24 heavy (non-hydrogen) atoms. The van der Waals surface area contributed by atoms with Gasteiger partial charge in [0.05, 0.1) is 17.4 Å². The summed E-state index contributed by atoms with van der Waals surface area (Å²) in [5.41, 5.74) is 1.84. The Balaban J connectivity index is 2.48. The van der Waals surface area contributed by atoms with Crippen molar-refractivity contribution >= 4 is 27.6 Å². The number of hydrogen-bond donors (Lipinski definition) is 0. The molecule has 0 saturated carbocycles. The van der Waals surface area contributed by atoms with Gasteiger partial charge in [-0.2, -0.15) is 4.31 Å². The van der Waals surface area contributed by atoms with Gasteiger partial charge in [0.25, 0.3) is 0 Å². The topological polar surface area (TPSA) is 77.5 Å². The van der Waals surface area contributed by atoms with Gasteiger partial charge in [0.2, 0.25) is 10.0 Å². The van der Waals surface area contributed by atoms with Gasteiger partial charge in [-0.1, -0.05) is 41.9 Å². The normalized spacial score (nSPS) is 11.7. The Morgan fingerprint density at radius 3 is 2.46 bits per heavy atom. The second-order valence-corrected chi connectivity index (χ2v) is 7.82. The minimum atomic E-state index is -4.01. The first-order valence-corrected chi connectivity index (χ1v) is 9.04. The summed E-state index contributed by atoms with van der Waals surface area (Å²) in [5, 5.41) is 11.4. The molecular formula is C17H17ClNO4S-. The van der Waals surface area contributed by atoms with E-state index in [9.17, 15) is 18.3 Å². The predicted octanol–water partition coefficient (Wildman–Crippen LogP) is 1.90. The highest BCUT2D eigenvalue weighted by molar-refractivity contribution is 7.89. The Labute approximate surface area is 146 Å². The number of sulfonamides is 1. The fourth-order valence-electron chi connectivity index (χ4n) is 2.31. The van der Waals surface area contributed by atoms with Crippen molar-refractivity contribution in [3.05, 3.63) is 64.2 Å². The summed E-state index contributed by atoms with van der Waals surface area (Å²) < 4.78 is 26.8. The van der Waals surface area contributed by atoms with Gasteiger partial charge in [0.1, 0.15) is 0 Å². The van der Waals surface area contributed by atoms with Crippen LogP contribution >= 0.6 is 11.6 Å². The van der Waals surface area contributed by atoms with Crippen LogP contribution in [0.1, 0.15) is 16.7 Å². The van der Waals surface area contributed by atoms with Gasteiger partial charge in [-0.3, -0.25) is 0 Å². The third-order valence-corrected chi connectivity index (χ3v) is 5.87. The smallest absolute Gasteiger partial charge is 0.243 e. The summed E-state index contributed by atoms with van der Waals surface area (Å²) >= 11 is 6.07. The first kappa shape index (κ1) is 18.4. The van der Waals surface area contributed by atoms with Gasteiger partial charge in [-0.25, -0.2) is 8.42 Å². The minimum Gasteiger partial charge on any atom is -0.549 e. The lowest BCUT2D eigenvalue weighted by Crippen LogP contribution is -2.41. The van der Waals surface area contributed by atoms with Gasteiger partial charge in [-0.15, -0.1) is 0 Å². The molecule has 5 nitrogen and oxygen atoms in total. The summed E-state index contributed by atoms with van der Waals surface area (Å²) in [4.78, 5) is 11.1. The monoisotopic (exact) mass is 366 g/mol. The molecule has 2 aromatic rings. The molecule has 2 aromatic carbocycles. The van der Waals surface area contributed by atoms with Crippen LogP contribution in [0, 0.1) is 13.8 Å². The number of benzene rings is 2. The van der Waals surface area contributed by atoms with Gasteiger partial charge >= 0.3 is 0 Å². The zero-order valence-corrected chi connectivity index (χ0v) is 14.9. The van der Waals surface area contributed by atoms with Crippen molar-refractivity contribution in [2.45, 2.75) is 25.3 Å². The maximum Gasteiger partial charge on any atom is 0.243 e. The number of aliphatic carboxylic acids is 1. The molecule has 0 unspecified atom stereocenters. The van der Waals surface area contributed by atoms with E-state index in [0.717, 1.165) is 9.87 Å². The second kappa shape index (κ2) is 7.34. The lowest BCUT2D eigenvalue weighted by atomic mass is 10.2. The SMILES string of the molecule is Cc1ccc(C)c(S(=O)(=O)N(CC(=O)[O-])Cc2ccccc2Cl)c1.